The van der Waals surface area contributed by atoms with E-state index < -0.39 is 0 Å². The van der Waals surface area contributed by atoms with Gasteiger partial charge in [-0.1, -0.05) is 42.8 Å². The van der Waals surface area contributed by atoms with Crippen molar-refractivity contribution in [2.45, 2.75) is 39.5 Å². The molecule has 22 heavy (non-hydrogen) atoms. The standard InChI is InChI=1S/C18H21ClFNO/c1-3-13(2)21-11-14-7-4-5-10-18(14)22-12-15-16(19)8-6-9-17(15)20/h4-10,13,21H,3,11-12H2,1-2H3/t13-/m1/s1. The number of benzene rings is 2. The highest BCUT2D eigenvalue weighted by Gasteiger charge is 2.10. The Labute approximate surface area is 136 Å². The molecule has 1 atom stereocenters. The van der Waals surface area contributed by atoms with Gasteiger partial charge >= 0.3 is 0 Å². The number of para-hydroxylation sites is 1. The van der Waals surface area contributed by atoms with Gasteiger partial charge < -0.3 is 10.1 Å². The molecule has 0 amide bonds. The van der Waals surface area contributed by atoms with Crippen molar-refractivity contribution in [3.8, 4) is 5.75 Å². The first-order chi connectivity index (χ1) is 10.6. The van der Waals surface area contributed by atoms with Crippen LogP contribution < -0.4 is 10.1 Å². The smallest absolute Gasteiger partial charge is 0.131 e. The molecule has 0 saturated carbocycles. The quantitative estimate of drug-likeness (QED) is 0.779. The molecule has 2 rings (SSSR count). The summed E-state index contributed by atoms with van der Waals surface area (Å²) in [5, 5.41) is 3.81. The Morgan fingerprint density at radius 2 is 1.95 bits per heavy atom. The third-order valence-corrected chi connectivity index (χ3v) is 4.01. The highest BCUT2D eigenvalue weighted by molar-refractivity contribution is 6.31. The molecule has 0 aliphatic heterocycles. The number of rotatable bonds is 7. The molecule has 2 aromatic rings. The Morgan fingerprint density at radius 3 is 2.68 bits per heavy atom. The van der Waals surface area contributed by atoms with E-state index in [2.05, 4.69) is 19.2 Å². The lowest BCUT2D eigenvalue weighted by atomic mass is 10.1. The molecule has 0 radical (unpaired) electrons. The molecule has 0 fully saturated rings. The maximum absolute atomic E-state index is 13.8. The second-order valence-electron chi connectivity index (χ2n) is 5.29. The van der Waals surface area contributed by atoms with Gasteiger partial charge in [-0.05, 0) is 31.5 Å². The van der Waals surface area contributed by atoms with Gasteiger partial charge in [0, 0.05) is 23.7 Å². The average molecular weight is 322 g/mol. The molecule has 0 unspecified atom stereocenters. The number of ether oxygens (including phenoxy) is 1. The van der Waals surface area contributed by atoms with Crippen LogP contribution in [0.25, 0.3) is 0 Å². The lowest BCUT2D eigenvalue weighted by molar-refractivity contribution is 0.295. The average Bonchev–Trinajstić information content (AvgIpc) is 2.53. The van der Waals surface area contributed by atoms with Crippen LogP contribution in [0, 0.1) is 5.82 Å². The number of hydrogen-bond acceptors (Lipinski definition) is 2. The molecule has 4 heteroatoms. The summed E-state index contributed by atoms with van der Waals surface area (Å²) in [7, 11) is 0. The molecule has 0 aliphatic carbocycles. The van der Waals surface area contributed by atoms with Crippen molar-refractivity contribution in [3.63, 3.8) is 0 Å². The first-order valence-electron chi connectivity index (χ1n) is 7.48. The van der Waals surface area contributed by atoms with Crippen molar-refractivity contribution >= 4 is 11.6 Å². The predicted octanol–water partition coefficient (Wildman–Crippen LogP) is 4.95. The molecule has 0 saturated heterocycles. The Bertz CT molecular complexity index is 598. The molecule has 0 aromatic heterocycles. The Hall–Kier alpha value is -1.58. The van der Waals surface area contributed by atoms with Crippen LogP contribution >= 0.6 is 11.6 Å². The monoisotopic (exact) mass is 321 g/mol. The second-order valence-corrected chi connectivity index (χ2v) is 5.69. The molecule has 0 spiro atoms. The minimum Gasteiger partial charge on any atom is -0.488 e. The van der Waals surface area contributed by atoms with Crippen molar-refractivity contribution in [3.05, 3.63) is 64.4 Å². The van der Waals surface area contributed by atoms with Crippen LogP contribution in [-0.4, -0.2) is 6.04 Å². The molecule has 2 nitrogen and oxygen atoms in total. The van der Waals surface area contributed by atoms with E-state index in [1.807, 2.05) is 24.3 Å². The van der Waals surface area contributed by atoms with Crippen molar-refractivity contribution in [2.24, 2.45) is 0 Å². The number of hydrogen-bond donors (Lipinski definition) is 1. The van der Waals surface area contributed by atoms with E-state index in [1.54, 1.807) is 12.1 Å². The lowest BCUT2D eigenvalue weighted by Gasteiger charge is -2.15. The van der Waals surface area contributed by atoms with E-state index in [0.717, 1.165) is 24.3 Å². The van der Waals surface area contributed by atoms with Gasteiger partial charge in [-0.25, -0.2) is 4.39 Å². The largest absolute Gasteiger partial charge is 0.488 e. The van der Waals surface area contributed by atoms with Gasteiger partial charge in [-0.15, -0.1) is 0 Å². The Balaban J connectivity index is 2.07. The first kappa shape index (κ1) is 16.8. The van der Waals surface area contributed by atoms with Crippen molar-refractivity contribution in [2.75, 3.05) is 0 Å². The van der Waals surface area contributed by atoms with Crippen LogP contribution in [0.1, 0.15) is 31.4 Å². The second kappa shape index (κ2) is 8.16. The molecule has 1 N–H and O–H groups in total. The van der Waals surface area contributed by atoms with Crippen LogP contribution in [0.15, 0.2) is 42.5 Å². The van der Waals surface area contributed by atoms with Crippen LogP contribution in [0.5, 0.6) is 5.75 Å². The summed E-state index contributed by atoms with van der Waals surface area (Å²) in [5.74, 6) is 0.403. The van der Waals surface area contributed by atoms with Gasteiger partial charge in [-0.3, -0.25) is 0 Å². The summed E-state index contributed by atoms with van der Waals surface area (Å²) in [6.45, 7) is 5.12. The third kappa shape index (κ3) is 4.46. The fraction of sp³-hybridized carbons (Fsp3) is 0.333. The summed E-state index contributed by atoms with van der Waals surface area (Å²) in [6.07, 6.45) is 1.06. The summed E-state index contributed by atoms with van der Waals surface area (Å²) < 4.78 is 19.6. The van der Waals surface area contributed by atoms with E-state index in [9.17, 15) is 4.39 Å². The van der Waals surface area contributed by atoms with Crippen molar-refractivity contribution < 1.29 is 9.13 Å². The highest BCUT2D eigenvalue weighted by atomic mass is 35.5. The topological polar surface area (TPSA) is 21.3 Å². The van der Waals surface area contributed by atoms with Crippen LogP contribution in [0.2, 0.25) is 5.02 Å². The maximum Gasteiger partial charge on any atom is 0.131 e. The summed E-state index contributed by atoms with van der Waals surface area (Å²) in [6, 6.07) is 12.9. The lowest BCUT2D eigenvalue weighted by Crippen LogP contribution is -2.24. The van der Waals surface area contributed by atoms with Gasteiger partial charge in [0.05, 0.1) is 5.02 Å². The van der Waals surface area contributed by atoms with Gasteiger partial charge in [0.2, 0.25) is 0 Å². The van der Waals surface area contributed by atoms with E-state index in [0.29, 0.717) is 16.6 Å². The number of nitrogens with one attached hydrogen (secondary N) is 1. The Kier molecular flexibility index (Phi) is 6.22. The first-order valence-corrected chi connectivity index (χ1v) is 7.86. The van der Waals surface area contributed by atoms with E-state index in [1.165, 1.54) is 6.07 Å². The molecule has 0 aliphatic rings. The molecular weight excluding hydrogens is 301 g/mol. The van der Waals surface area contributed by atoms with Crippen LogP contribution in [0.3, 0.4) is 0 Å². The molecule has 118 valence electrons. The van der Waals surface area contributed by atoms with E-state index in [4.69, 9.17) is 16.3 Å². The van der Waals surface area contributed by atoms with Gasteiger partial charge in [0.25, 0.3) is 0 Å². The Morgan fingerprint density at radius 1 is 1.18 bits per heavy atom. The van der Waals surface area contributed by atoms with Crippen molar-refractivity contribution in [1.29, 1.82) is 0 Å². The minimum absolute atomic E-state index is 0.117. The van der Waals surface area contributed by atoms with Crippen molar-refractivity contribution in [1.82, 2.24) is 5.32 Å². The molecule has 0 heterocycles. The van der Waals surface area contributed by atoms with Gasteiger partial charge in [0.15, 0.2) is 0 Å². The van der Waals surface area contributed by atoms with E-state index in [-0.39, 0.29) is 12.4 Å². The van der Waals surface area contributed by atoms with Gasteiger partial charge in [0.1, 0.15) is 18.2 Å². The maximum atomic E-state index is 13.8. The normalized spacial score (nSPS) is 12.2. The fourth-order valence-corrected chi connectivity index (χ4v) is 2.26. The fourth-order valence-electron chi connectivity index (χ4n) is 2.04. The summed E-state index contributed by atoms with van der Waals surface area (Å²) in [5.41, 5.74) is 1.43. The minimum atomic E-state index is -0.345. The molecule has 2 aromatic carbocycles. The molecule has 0 bridgehead atoms. The highest BCUT2D eigenvalue weighted by Crippen LogP contribution is 2.23. The van der Waals surface area contributed by atoms with Gasteiger partial charge in [-0.2, -0.15) is 0 Å². The zero-order valence-electron chi connectivity index (χ0n) is 12.9. The SMILES string of the molecule is CC[C@@H](C)NCc1ccccc1OCc1c(F)cccc1Cl. The third-order valence-electron chi connectivity index (χ3n) is 3.66. The van der Waals surface area contributed by atoms with E-state index >= 15 is 0 Å². The predicted molar refractivity (Wildman–Crippen MR) is 88.8 cm³/mol. The summed E-state index contributed by atoms with van der Waals surface area (Å²) >= 11 is 6.02. The zero-order chi connectivity index (χ0) is 15.9. The van der Waals surface area contributed by atoms with Crippen LogP contribution in [-0.2, 0) is 13.2 Å². The van der Waals surface area contributed by atoms with Crippen LogP contribution in [0.4, 0.5) is 4.39 Å². The molecular formula is C18H21ClFNO. The zero-order valence-corrected chi connectivity index (χ0v) is 13.7. The summed E-state index contributed by atoms with van der Waals surface area (Å²) in [4.78, 5) is 0. The number of halogens is 2.